The Morgan fingerprint density at radius 1 is 1.61 bits per heavy atom. The molecule has 96 valence electrons. The van der Waals surface area contributed by atoms with Gasteiger partial charge in [-0.2, -0.15) is 5.10 Å². The summed E-state index contributed by atoms with van der Waals surface area (Å²) >= 11 is 0. The van der Waals surface area contributed by atoms with Crippen LogP contribution in [0.5, 0.6) is 0 Å². The van der Waals surface area contributed by atoms with E-state index in [1.54, 1.807) is 30.3 Å². The first-order valence-electron chi connectivity index (χ1n) is 5.68. The Bertz CT molecular complexity index is 530. The van der Waals surface area contributed by atoms with Crippen LogP contribution in [0.2, 0.25) is 0 Å². The molecule has 0 aliphatic rings. The third-order valence-electron chi connectivity index (χ3n) is 2.61. The summed E-state index contributed by atoms with van der Waals surface area (Å²) in [5, 5.41) is 4.15. The highest BCUT2D eigenvalue weighted by Crippen LogP contribution is 2.12. The fourth-order valence-electron chi connectivity index (χ4n) is 1.63. The monoisotopic (exact) mass is 248 g/mol. The minimum Gasteiger partial charge on any atom is -0.396 e. The van der Waals surface area contributed by atoms with Crippen molar-refractivity contribution < 1.29 is 4.79 Å². The number of carbonyl (C=O) groups is 1. The molecule has 1 amide bonds. The second-order valence-corrected chi connectivity index (χ2v) is 3.99. The average Bonchev–Trinajstić information content (AvgIpc) is 2.97. The van der Waals surface area contributed by atoms with Crippen molar-refractivity contribution in [3.8, 4) is 0 Å². The molecule has 0 aliphatic carbocycles. The molecule has 2 rings (SSSR count). The quantitative estimate of drug-likeness (QED) is 0.823. The van der Waals surface area contributed by atoms with E-state index in [0.29, 0.717) is 18.8 Å². The van der Waals surface area contributed by atoms with Gasteiger partial charge in [0.1, 0.15) is 5.82 Å². The van der Waals surface area contributed by atoms with Gasteiger partial charge in [-0.1, -0.05) is 0 Å². The number of nitrogens with one attached hydrogen (secondary N) is 1. The Kier molecular flexibility index (Phi) is 3.31. The zero-order chi connectivity index (χ0) is 13.1. The number of hydrogen-bond acceptors (Lipinski definition) is 4. The predicted octanol–water partition coefficient (Wildman–Crippen LogP) is 0.480. The van der Waals surface area contributed by atoms with Crippen molar-refractivity contribution in [3.63, 3.8) is 0 Å². The standard InChI is InChI=1S/C11H16N6O/c1-3-17-6-8(12)10(15-17)11(18)16(2)7-9-13-4-5-14-9/h4-6H,3,7,12H2,1-2H3,(H,13,14). The summed E-state index contributed by atoms with van der Waals surface area (Å²) in [5.41, 5.74) is 6.45. The molecule has 3 N–H and O–H groups in total. The van der Waals surface area contributed by atoms with E-state index in [9.17, 15) is 4.79 Å². The molecule has 2 heterocycles. The number of carbonyl (C=O) groups excluding carboxylic acids is 1. The third-order valence-corrected chi connectivity index (χ3v) is 2.61. The molecule has 7 heteroatoms. The Balaban J connectivity index is 2.12. The van der Waals surface area contributed by atoms with Crippen LogP contribution in [-0.4, -0.2) is 37.6 Å². The predicted molar refractivity (Wildman–Crippen MR) is 66.7 cm³/mol. The van der Waals surface area contributed by atoms with Crippen LogP contribution in [0.4, 0.5) is 5.69 Å². The van der Waals surface area contributed by atoms with E-state index in [1.165, 1.54) is 4.90 Å². The molecule has 0 saturated carbocycles. The van der Waals surface area contributed by atoms with Crippen molar-refractivity contribution in [2.75, 3.05) is 12.8 Å². The van der Waals surface area contributed by atoms with E-state index in [1.807, 2.05) is 6.92 Å². The highest BCUT2D eigenvalue weighted by molar-refractivity contribution is 5.96. The molecular formula is C11H16N6O. The molecule has 0 radical (unpaired) electrons. The number of hydrogen-bond donors (Lipinski definition) is 2. The Hall–Kier alpha value is -2.31. The van der Waals surface area contributed by atoms with Crippen molar-refractivity contribution in [2.45, 2.75) is 20.0 Å². The van der Waals surface area contributed by atoms with Crippen LogP contribution in [0, 0.1) is 0 Å². The second-order valence-electron chi connectivity index (χ2n) is 3.99. The highest BCUT2D eigenvalue weighted by atomic mass is 16.2. The maximum absolute atomic E-state index is 12.1. The van der Waals surface area contributed by atoms with Gasteiger partial charge < -0.3 is 15.6 Å². The maximum atomic E-state index is 12.1. The SMILES string of the molecule is CCn1cc(N)c(C(=O)N(C)Cc2ncc[nH]2)n1. The second kappa shape index (κ2) is 4.91. The number of nitrogen functional groups attached to an aromatic ring is 1. The molecule has 0 aromatic carbocycles. The summed E-state index contributed by atoms with van der Waals surface area (Å²) in [6, 6.07) is 0. The van der Waals surface area contributed by atoms with Crippen LogP contribution in [0.25, 0.3) is 0 Å². The summed E-state index contributed by atoms with van der Waals surface area (Å²) in [5.74, 6) is 0.510. The van der Waals surface area contributed by atoms with Gasteiger partial charge >= 0.3 is 0 Å². The number of imidazole rings is 1. The lowest BCUT2D eigenvalue weighted by Crippen LogP contribution is -2.27. The number of amides is 1. The first-order valence-corrected chi connectivity index (χ1v) is 5.68. The van der Waals surface area contributed by atoms with Gasteiger partial charge in [-0.25, -0.2) is 4.98 Å². The van der Waals surface area contributed by atoms with E-state index >= 15 is 0 Å². The molecule has 2 aromatic rings. The van der Waals surface area contributed by atoms with E-state index < -0.39 is 0 Å². The molecule has 0 bridgehead atoms. The largest absolute Gasteiger partial charge is 0.396 e. The van der Waals surface area contributed by atoms with E-state index in [-0.39, 0.29) is 11.6 Å². The molecule has 0 fully saturated rings. The first kappa shape index (κ1) is 12.2. The summed E-state index contributed by atoms with van der Waals surface area (Å²) in [6.07, 6.45) is 5.02. The molecule has 0 unspecified atom stereocenters. The minimum absolute atomic E-state index is 0.212. The van der Waals surface area contributed by atoms with Crippen molar-refractivity contribution >= 4 is 11.6 Å². The Morgan fingerprint density at radius 2 is 2.39 bits per heavy atom. The van der Waals surface area contributed by atoms with E-state index in [0.717, 1.165) is 5.82 Å². The molecule has 0 atom stereocenters. The van der Waals surface area contributed by atoms with Gasteiger partial charge in [0.25, 0.3) is 5.91 Å². The van der Waals surface area contributed by atoms with Gasteiger partial charge in [0, 0.05) is 32.2 Å². The Morgan fingerprint density at radius 3 is 2.94 bits per heavy atom. The van der Waals surface area contributed by atoms with Gasteiger partial charge in [-0.3, -0.25) is 9.48 Å². The van der Waals surface area contributed by atoms with Crippen molar-refractivity contribution in [3.05, 3.63) is 30.1 Å². The van der Waals surface area contributed by atoms with Crippen molar-refractivity contribution in [1.29, 1.82) is 0 Å². The number of aromatic nitrogens is 4. The molecule has 0 aliphatic heterocycles. The van der Waals surface area contributed by atoms with Crippen LogP contribution in [0.3, 0.4) is 0 Å². The van der Waals surface area contributed by atoms with Gasteiger partial charge in [-0.05, 0) is 6.92 Å². The van der Waals surface area contributed by atoms with Crippen LogP contribution in [0.1, 0.15) is 23.2 Å². The molecule has 0 saturated heterocycles. The van der Waals surface area contributed by atoms with Gasteiger partial charge in [0.2, 0.25) is 0 Å². The normalized spacial score (nSPS) is 10.6. The van der Waals surface area contributed by atoms with Crippen LogP contribution < -0.4 is 5.73 Å². The number of nitrogens with two attached hydrogens (primary N) is 1. The van der Waals surface area contributed by atoms with Crippen molar-refractivity contribution in [2.24, 2.45) is 0 Å². The number of rotatable bonds is 4. The molecule has 18 heavy (non-hydrogen) atoms. The zero-order valence-corrected chi connectivity index (χ0v) is 10.4. The fraction of sp³-hybridized carbons (Fsp3) is 0.364. The molecule has 0 spiro atoms. The van der Waals surface area contributed by atoms with Crippen LogP contribution in [0.15, 0.2) is 18.6 Å². The van der Waals surface area contributed by atoms with E-state index in [2.05, 4.69) is 15.1 Å². The number of aromatic amines is 1. The smallest absolute Gasteiger partial charge is 0.276 e. The lowest BCUT2D eigenvalue weighted by molar-refractivity contribution is 0.0776. The Labute approximate surface area is 105 Å². The van der Waals surface area contributed by atoms with Crippen LogP contribution in [-0.2, 0) is 13.1 Å². The molecular weight excluding hydrogens is 232 g/mol. The average molecular weight is 248 g/mol. The highest BCUT2D eigenvalue weighted by Gasteiger charge is 2.19. The molecule has 7 nitrogen and oxygen atoms in total. The van der Waals surface area contributed by atoms with Gasteiger partial charge in [0.05, 0.1) is 12.2 Å². The van der Waals surface area contributed by atoms with Gasteiger partial charge in [0.15, 0.2) is 5.69 Å². The van der Waals surface area contributed by atoms with Crippen LogP contribution >= 0.6 is 0 Å². The summed E-state index contributed by atoms with van der Waals surface area (Å²) in [7, 11) is 1.69. The third kappa shape index (κ3) is 2.34. The number of aryl methyl sites for hydroxylation is 1. The topological polar surface area (TPSA) is 92.8 Å². The minimum atomic E-state index is -0.212. The number of H-pyrrole nitrogens is 1. The lowest BCUT2D eigenvalue weighted by atomic mass is 10.3. The van der Waals surface area contributed by atoms with E-state index in [4.69, 9.17) is 5.73 Å². The summed E-state index contributed by atoms with van der Waals surface area (Å²) < 4.78 is 1.64. The number of anilines is 1. The zero-order valence-electron chi connectivity index (χ0n) is 10.4. The summed E-state index contributed by atoms with van der Waals surface area (Å²) in [4.78, 5) is 20.7. The number of nitrogens with zero attached hydrogens (tertiary/aromatic N) is 4. The molecule has 2 aromatic heterocycles. The summed E-state index contributed by atoms with van der Waals surface area (Å²) in [6.45, 7) is 3.01. The first-order chi connectivity index (χ1) is 8.61. The van der Waals surface area contributed by atoms with Crippen molar-refractivity contribution in [1.82, 2.24) is 24.6 Å². The fourth-order valence-corrected chi connectivity index (χ4v) is 1.63. The van der Waals surface area contributed by atoms with Gasteiger partial charge in [-0.15, -0.1) is 0 Å². The lowest BCUT2D eigenvalue weighted by Gasteiger charge is -2.14. The maximum Gasteiger partial charge on any atom is 0.276 e.